The zero-order chi connectivity index (χ0) is 15.0. The first kappa shape index (κ1) is 14.1. The van der Waals surface area contributed by atoms with Gasteiger partial charge in [-0.15, -0.1) is 0 Å². The molecule has 0 bridgehead atoms. The van der Waals surface area contributed by atoms with Crippen molar-refractivity contribution in [2.45, 2.75) is 45.7 Å². The van der Waals surface area contributed by atoms with Crippen molar-refractivity contribution in [3.05, 3.63) is 34.2 Å². The summed E-state index contributed by atoms with van der Waals surface area (Å²) in [6.07, 6.45) is 4.00. The SMILES string of the molecule is Cc1cn2c(n1)CC[C@@H](NC(=O)Cc1c(C)noc1Cl)C2. The van der Waals surface area contributed by atoms with E-state index in [0.717, 1.165) is 30.9 Å². The van der Waals surface area contributed by atoms with E-state index in [1.165, 1.54) is 0 Å². The number of carbonyl (C=O) groups excluding carboxylic acids is 1. The molecule has 0 spiro atoms. The van der Waals surface area contributed by atoms with Crippen LogP contribution in [0.3, 0.4) is 0 Å². The predicted octanol–water partition coefficient (Wildman–Crippen LogP) is 1.82. The molecule has 1 aliphatic heterocycles. The van der Waals surface area contributed by atoms with Crippen molar-refractivity contribution in [1.29, 1.82) is 0 Å². The summed E-state index contributed by atoms with van der Waals surface area (Å²) in [6, 6.07) is 0.123. The van der Waals surface area contributed by atoms with Crippen LogP contribution in [0.5, 0.6) is 0 Å². The number of halogens is 1. The Morgan fingerprint density at radius 1 is 1.57 bits per heavy atom. The highest BCUT2D eigenvalue weighted by molar-refractivity contribution is 6.29. The third kappa shape index (κ3) is 2.95. The Hall–Kier alpha value is -1.82. The van der Waals surface area contributed by atoms with Crippen LogP contribution in [0.4, 0.5) is 0 Å². The smallest absolute Gasteiger partial charge is 0.229 e. The molecule has 112 valence electrons. The standard InChI is InChI=1S/C14H17ClN4O2/c1-8-6-19-7-10(3-4-12(19)16-8)17-13(20)5-11-9(2)18-21-14(11)15/h6,10H,3-5,7H2,1-2H3,(H,17,20)/t10-/m1/s1. The van der Waals surface area contributed by atoms with Crippen LogP contribution in [0.25, 0.3) is 0 Å². The van der Waals surface area contributed by atoms with E-state index in [1.807, 2.05) is 13.1 Å². The quantitative estimate of drug-likeness (QED) is 0.938. The van der Waals surface area contributed by atoms with Gasteiger partial charge in [0.05, 0.1) is 17.8 Å². The molecule has 0 saturated carbocycles. The zero-order valence-corrected chi connectivity index (χ0v) is 12.8. The number of imidazole rings is 1. The molecule has 0 radical (unpaired) electrons. The van der Waals surface area contributed by atoms with Gasteiger partial charge in [-0.05, 0) is 31.9 Å². The van der Waals surface area contributed by atoms with Gasteiger partial charge in [0.25, 0.3) is 0 Å². The molecular weight excluding hydrogens is 292 g/mol. The first-order chi connectivity index (χ1) is 10.0. The maximum Gasteiger partial charge on any atom is 0.229 e. The fourth-order valence-corrected chi connectivity index (χ4v) is 2.94. The number of fused-ring (bicyclic) bond motifs is 1. The molecule has 1 N–H and O–H groups in total. The number of nitrogens with zero attached hydrogens (tertiary/aromatic N) is 3. The number of hydrogen-bond donors (Lipinski definition) is 1. The highest BCUT2D eigenvalue weighted by Crippen LogP contribution is 2.20. The highest BCUT2D eigenvalue weighted by Gasteiger charge is 2.22. The van der Waals surface area contributed by atoms with E-state index in [4.69, 9.17) is 16.1 Å². The molecule has 1 atom stereocenters. The molecule has 7 heteroatoms. The first-order valence-electron chi connectivity index (χ1n) is 6.95. The zero-order valence-electron chi connectivity index (χ0n) is 12.0. The van der Waals surface area contributed by atoms with Crippen molar-refractivity contribution in [2.24, 2.45) is 0 Å². The summed E-state index contributed by atoms with van der Waals surface area (Å²) >= 11 is 5.88. The second-order valence-electron chi connectivity index (χ2n) is 5.45. The Morgan fingerprint density at radius 3 is 3.10 bits per heavy atom. The van der Waals surface area contributed by atoms with Crippen LogP contribution in [0, 0.1) is 13.8 Å². The van der Waals surface area contributed by atoms with Crippen LogP contribution in [-0.4, -0.2) is 26.7 Å². The van der Waals surface area contributed by atoms with Crippen LogP contribution in [0.1, 0.15) is 29.2 Å². The Kier molecular flexibility index (Phi) is 3.71. The van der Waals surface area contributed by atoms with Crippen molar-refractivity contribution >= 4 is 17.5 Å². The van der Waals surface area contributed by atoms with E-state index in [1.54, 1.807) is 6.92 Å². The summed E-state index contributed by atoms with van der Waals surface area (Å²) in [5.41, 5.74) is 2.33. The van der Waals surface area contributed by atoms with Crippen LogP contribution >= 0.6 is 11.6 Å². The molecule has 3 heterocycles. The molecule has 21 heavy (non-hydrogen) atoms. The normalized spacial score (nSPS) is 17.6. The summed E-state index contributed by atoms with van der Waals surface area (Å²) < 4.78 is 6.97. The molecule has 1 amide bonds. The number of rotatable bonds is 3. The Labute approximate surface area is 127 Å². The monoisotopic (exact) mass is 308 g/mol. The predicted molar refractivity (Wildman–Crippen MR) is 77.2 cm³/mol. The van der Waals surface area contributed by atoms with Gasteiger partial charge in [0, 0.05) is 30.8 Å². The van der Waals surface area contributed by atoms with Crippen molar-refractivity contribution in [3.63, 3.8) is 0 Å². The Morgan fingerprint density at radius 2 is 2.38 bits per heavy atom. The lowest BCUT2D eigenvalue weighted by Crippen LogP contribution is -2.41. The summed E-state index contributed by atoms with van der Waals surface area (Å²) in [4.78, 5) is 16.6. The van der Waals surface area contributed by atoms with Crippen molar-refractivity contribution in [3.8, 4) is 0 Å². The molecule has 2 aromatic heterocycles. The molecule has 0 aliphatic carbocycles. The van der Waals surface area contributed by atoms with Gasteiger partial charge in [-0.1, -0.05) is 5.16 Å². The van der Waals surface area contributed by atoms with Gasteiger partial charge in [-0.2, -0.15) is 0 Å². The van der Waals surface area contributed by atoms with Gasteiger partial charge < -0.3 is 14.4 Å². The average Bonchev–Trinajstić information content (AvgIpc) is 2.94. The minimum absolute atomic E-state index is 0.0616. The van der Waals surface area contributed by atoms with Gasteiger partial charge >= 0.3 is 0 Å². The molecule has 6 nitrogen and oxygen atoms in total. The molecule has 0 saturated heterocycles. The highest BCUT2D eigenvalue weighted by atomic mass is 35.5. The van der Waals surface area contributed by atoms with Crippen LogP contribution < -0.4 is 5.32 Å². The summed E-state index contributed by atoms with van der Waals surface area (Å²) in [5, 5.41) is 6.99. The van der Waals surface area contributed by atoms with Crippen LogP contribution in [0.15, 0.2) is 10.7 Å². The van der Waals surface area contributed by atoms with Crippen molar-refractivity contribution in [2.75, 3.05) is 0 Å². The lowest BCUT2D eigenvalue weighted by molar-refractivity contribution is -0.121. The van der Waals surface area contributed by atoms with E-state index >= 15 is 0 Å². The Balaban J connectivity index is 1.61. The molecule has 0 fully saturated rings. The largest absolute Gasteiger partial charge is 0.351 e. The first-order valence-corrected chi connectivity index (χ1v) is 7.33. The van der Waals surface area contributed by atoms with E-state index < -0.39 is 0 Å². The van der Waals surface area contributed by atoms with Crippen molar-refractivity contribution < 1.29 is 9.32 Å². The fraction of sp³-hybridized carbons (Fsp3) is 0.500. The van der Waals surface area contributed by atoms with Crippen LogP contribution in [-0.2, 0) is 24.2 Å². The minimum Gasteiger partial charge on any atom is -0.351 e. The van der Waals surface area contributed by atoms with Gasteiger partial charge in [0.15, 0.2) is 0 Å². The van der Waals surface area contributed by atoms with Gasteiger partial charge in [0.1, 0.15) is 5.82 Å². The summed E-state index contributed by atoms with van der Waals surface area (Å²) in [7, 11) is 0. The maximum absolute atomic E-state index is 12.1. The van der Waals surface area contributed by atoms with Crippen molar-refractivity contribution in [1.82, 2.24) is 20.0 Å². The number of carbonyl (C=O) groups is 1. The molecule has 3 rings (SSSR count). The topological polar surface area (TPSA) is 73.0 Å². The molecule has 2 aromatic rings. The third-order valence-corrected chi connectivity index (χ3v) is 4.05. The number of aryl methyl sites for hydroxylation is 3. The Bertz CT molecular complexity index is 657. The number of hydrogen-bond acceptors (Lipinski definition) is 4. The molecule has 0 aromatic carbocycles. The minimum atomic E-state index is -0.0616. The number of amides is 1. The van der Waals surface area contributed by atoms with E-state index in [9.17, 15) is 4.79 Å². The second kappa shape index (κ2) is 5.52. The second-order valence-corrected chi connectivity index (χ2v) is 5.79. The van der Waals surface area contributed by atoms with Gasteiger partial charge in [0.2, 0.25) is 11.1 Å². The lowest BCUT2D eigenvalue weighted by atomic mass is 10.1. The number of aromatic nitrogens is 3. The third-order valence-electron chi connectivity index (χ3n) is 3.75. The van der Waals surface area contributed by atoms with Gasteiger partial charge in [-0.25, -0.2) is 4.98 Å². The summed E-state index contributed by atoms with van der Waals surface area (Å²) in [6.45, 7) is 4.52. The van der Waals surface area contributed by atoms with E-state index in [0.29, 0.717) is 11.3 Å². The number of nitrogens with one attached hydrogen (secondary N) is 1. The molecular formula is C14H17ClN4O2. The van der Waals surface area contributed by atoms with Crippen LogP contribution in [0.2, 0.25) is 5.22 Å². The maximum atomic E-state index is 12.1. The van der Waals surface area contributed by atoms with E-state index in [2.05, 4.69) is 20.0 Å². The summed E-state index contributed by atoms with van der Waals surface area (Å²) in [5.74, 6) is 1.03. The lowest BCUT2D eigenvalue weighted by Gasteiger charge is -2.24. The fourth-order valence-electron chi connectivity index (χ4n) is 2.70. The van der Waals surface area contributed by atoms with Gasteiger partial charge in [-0.3, -0.25) is 4.79 Å². The average molecular weight is 309 g/mol. The molecule has 1 aliphatic rings. The molecule has 0 unspecified atom stereocenters. The van der Waals surface area contributed by atoms with E-state index in [-0.39, 0.29) is 23.6 Å².